The Kier molecular flexibility index (Phi) is 5.89. The lowest BCUT2D eigenvalue weighted by Crippen LogP contribution is -2.05. The number of hydrogen-bond acceptors (Lipinski definition) is 5. The molecular weight excluding hydrogens is 363 g/mol. The summed E-state index contributed by atoms with van der Waals surface area (Å²) in [5, 5.41) is 0.714. The molecule has 0 aliphatic rings. The number of benzene rings is 2. The highest BCUT2D eigenvalue weighted by Crippen LogP contribution is 2.20. The second kappa shape index (κ2) is 8.52. The number of carbonyl (C=O) groups excluding carboxylic acids is 1. The minimum Gasteiger partial charge on any atom is -0.494 e. The van der Waals surface area contributed by atoms with Crippen LogP contribution in [0.15, 0.2) is 57.8 Å². The van der Waals surface area contributed by atoms with Gasteiger partial charge in [0.1, 0.15) is 12.2 Å². The Morgan fingerprint density at radius 2 is 2.00 bits per heavy atom. The zero-order chi connectivity index (χ0) is 20.1. The summed E-state index contributed by atoms with van der Waals surface area (Å²) in [5.74, 6) is -1.00. The number of hydrogen-bond donors (Lipinski definition) is 0. The van der Waals surface area contributed by atoms with Crippen molar-refractivity contribution in [2.24, 2.45) is 0 Å². The number of halogens is 1. The Morgan fingerprint density at radius 3 is 2.71 bits per heavy atom. The molecule has 0 spiro atoms. The highest BCUT2D eigenvalue weighted by atomic mass is 19.1. The highest BCUT2D eigenvalue weighted by Gasteiger charge is 2.09. The summed E-state index contributed by atoms with van der Waals surface area (Å²) in [6, 6.07) is 11.2. The summed E-state index contributed by atoms with van der Waals surface area (Å²) < 4.78 is 29.0. The van der Waals surface area contributed by atoms with Crippen LogP contribution in [-0.4, -0.2) is 13.1 Å². The summed E-state index contributed by atoms with van der Waals surface area (Å²) in [6.45, 7) is 1.93. The van der Waals surface area contributed by atoms with Crippen LogP contribution in [0.2, 0.25) is 0 Å². The van der Waals surface area contributed by atoms with E-state index in [-0.39, 0.29) is 12.4 Å². The Morgan fingerprint density at radius 1 is 1.18 bits per heavy atom. The summed E-state index contributed by atoms with van der Waals surface area (Å²) in [7, 11) is 1.38. The van der Waals surface area contributed by atoms with E-state index in [4.69, 9.17) is 13.9 Å². The van der Waals surface area contributed by atoms with Crippen molar-refractivity contribution >= 4 is 23.0 Å². The summed E-state index contributed by atoms with van der Waals surface area (Å²) in [4.78, 5) is 23.8. The van der Waals surface area contributed by atoms with Crippen LogP contribution < -0.4 is 10.4 Å². The smallest absolute Gasteiger partial charge is 0.336 e. The van der Waals surface area contributed by atoms with Gasteiger partial charge in [-0.3, -0.25) is 0 Å². The molecule has 1 aromatic heterocycles. The van der Waals surface area contributed by atoms with Gasteiger partial charge in [-0.2, -0.15) is 0 Å². The van der Waals surface area contributed by atoms with E-state index in [1.54, 1.807) is 12.1 Å². The minimum atomic E-state index is -0.609. The highest BCUT2D eigenvalue weighted by molar-refractivity contribution is 5.87. The average molecular weight is 382 g/mol. The molecule has 0 saturated heterocycles. The lowest BCUT2D eigenvalue weighted by atomic mass is 10.1. The topological polar surface area (TPSA) is 65.7 Å². The second-order valence-electron chi connectivity index (χ2n) is 6.11. The van der Waals surface area contributed by atoms with Crippen molar-refractivity contribution in [2.45, 2.75) is 20.0 Å². The van der Waals surface area contributed by atoms with Crippen molar-refractivity contribution in [3.8, 4) is 5.75 Å². The van der Waals surface area contributed by atoms with Gasteiger partial charge in [0.05, 0.1) is 7.11 Å². The van der Waals surface area contributed by atoms with Gasteiger partial charge in [-0.15, -0.1) is 0 Å². The van der Waals surface area contributed by atoms with E-state index >= 15 is 0 Å². The molecular formula is C22H19FO5. The summed E-state index contributed by atoms with van der Waals surface area (Å²) >= 11 is 0. The maximum absolute atomic E-state index is 13.7. The van der Waals surface area contributed by atoms with E-state index < -0.39 is 17.4 Å². The predicted octanol–water partition coefficient (Wildman–Crippen LogP) is 4.26. The van der Waals surface area contributed by atoms with Gasteiger partial charge in [0, 0.05) is 23.1 Å². The molecule has 144 valence electrons. The van der Waals surface area contributed by atoms with Crippen molar-refractivity contribution in [3.63, 3.8) is 0 Å². The zero-order valence-electron chi connectivity index (χ0n) is 15.5. The molecule has 2 aromatic carbocycles. The fraction of sp³-hybridized carbons (Fsp3) is 0.182. The van der Waals surface area contributed by atoms with Crippen LogP contribution in [0.25, 0.3) is 17.0 Å². The van der Waals surface area contributed by atoms with Crippen LogP contribution >= 0.6 is 0 Å². The molecule has 6 heteroatoms. The molecule has 28 heavy (non-hydrogen) atoms. The maximum atomic E-state index is 13.7. The van der Waals surface area contributed by atoms with Crippen LogP contribution in [0.4, 0.5) is 4.39 Å². The monoisotopic (exact) mass is 382 g/mol. The minimum absolute atomic E-state index is 0.0757. The predicted molar refractivity (Wildman–Crippen MR) is 104 cm³/mol. The molecule has 0 saturated carbocycles. The number of esters is 1. The molecule has 0 N–H and O–H groups in total. The first-order valence-electron chi connectivity index (χ1n) is 8.74. The molecule has 0 unspecified atom stereocenters. The van der Waals surface area contributed by atoms with Gasteiger partial charge in [-0.1, -0.05) is 25.1 Å². The number of fused-ring (bicyclic) bond motifs is 1. The molecule has 3 aromatic rings. The molecule has 3 rings (SSSR count). The van der Waals surface area contributed by atoms with Crippen molar-refractivity contribution in [3.05, 3.63) is 81.5 Å². The van der Waals surface area contributed by atoms with Crippen LogP contribution in [0.5, 0.6) is 5.75 Å². The summed E-state index contributed by atoms with van der Waals surface area (Å²) in [6.07, 6.45) is 3.45. The fourth-order valence-corrected chi connectivity index (χ4v) is 2.76. The fourth-order valence-electron chi connectivity index (χ4n) is 2.76. The van der Waals surface area contributed by atoms with E-state index in [1.165, 1.54) is 37.5 Å². The third-order valence-electron chi connectivity index (χ3n) is 4.26. The Hall–Kier alpha value is -3.41. The van der Waals surface area contributed by atoms with E-state index in [0.717, 1.165) is 12.0 Å². The van der Waals surface area contributed by atoms with Gasteiger partial charge >= 0.3 is 11.6 Å². The third kappa shape index (κ3) is 4.46. The quantitative estimate of drug-likeness (QED) is 0.362. The van der Waals surface area contributed by atoms with Gasteiger partial charge in [0.2, 0.25) is 0 Å². The molecule has 1 heterocycles. The molecule has 5 nitrogen and oxygen atoms in total. The van der Waals surface area contributed by atoms with E-state index in [9.17, 15) is 14.0 Å². The summed E-state index contributed by atoms with van der Waals surface area (Å²) in [5.41, 5.74) is 2.05. The SMILES string of the molecule is CCc1ccc2c(COC(=O)/C=C/c3ccc(OC)c(F)c3)cc(=O)oc2c1. The second-order valence-corrected chi connectivity index (χ2v) is 6.11. The number of methoxy groups -OCH3 is 1. The van der Waals surface area contributed by atoms with E-state index in [0.29, 0.717) is 22.1 Å². The number of rotatable bonds is 6. The lowest BCUT2D eigenvalue weighted by molar-refractivity contribution is -0.138. The first-order valence-corrected chi connectivity index (χ1v) is 8.74. The van der Waals surface area contributed by atoms with Crippen molar-refractivity contribution in [1.29, 1.82) is 0 Å². The first kappa shape index (κ1) is 19.4. The molecule has 0 aliphatic heterocycles. The molecule has 0 radical (unpaired) electrons. The van der Waals surface area contributed by atoms with Gasteiger partial charge in [-0.05, 0) is 41.8 Å². The van der Waals surface area contributed by atoms with Crippen molar-refractivity contribution in [1.82, 2.24) is 0 Å². The van der Waals surface area contributed by atoms with Crippen LogP contribution in [0, 0.1) is 5.82 Å². The lowest BCUT2D eigenvalue weighted by Gasteiger charge is -2.07. The number of aryl methyl sites for hydroxylation is 1. The molecule has 0 bridgehead atoms. The normalized spacial score (nSPS) is 11.1. The maximum Gasteiger partial charge on any atom is 0.336 e. The van der Waals surface area contributed by atoms with Crippen molar-refractivity contribution < 1.29 is 23.1 Å². The first-order chi connectivity index (χ1) is 13.5. The van der Waals surface area contributed by atoms with Crippen LogP contribution in [0.1, 0.15) is 23.6 Å². The molecule has 0 atom stereocenters. The number of carbonyl (C=O) groups is 1. The zero-order valence-corrected chi connectivity index (χ0v) is 15.5. The Bertz CT molecular complexity index is 1100. The molecule has 0 aliphatic carbocycles. The van der Waals surface area contributed by atoms with Gasteiger partial charge in [-0.25, -0.2) is 14.0 Å². The Labute approximate surface area is 161 Å². The average Bonchev–Trinajstić information content (AvgIpc) is 2.69. The largest absolute Gasteiger partial charge is 0.494 e. The molecule has 0 fully saturated rings. The van der Waals surface area contributed by atoms with Gasteiger partial charge in [0.25, 0.3) is 0 Å². The van der Waals surface area contributed by atoms with E-state index in [1.807, 2.05) is 19.1 Å². The Balaban J connectivity index is 1.72. The number of ether oxygens (including phenoxy) is 2. The van der Waals surface area contributed by atoms with E-state index in [2.05, 4.69) is 0 Å². The van der Waals surface area contributed by atoms with Crippen molar-refractivity contribution in [2.75, 3.05) is 7.11 Å². The standard InChI is InChI=1S/C22H19FO5/c1-3-14-4-7-17-16(12-22(25)28-20(17)11-14)13-27-21(24)9-6-15-5-8-19(26-2)18(23)10-15/h4-12H,3,13H2,1-2H3/b9-6+. The van der Waals surface area contributed by atoms with Gasteiger partial charge in [0.15, 0.2) is 11.6 Å². The van der Waals surface area contributed by atoms with Gasteiger partial charge < -0.3 is 13.9 Å². The molecule has 0 amide bonds. The third-order valence-corrected chi connectivity index (χ3v) is 4.26. The van der Waals surface area contributed by atoms with Crippen LogP contribution in [-0.2, 0) is 22.6 Å². The van der Waals surface area contributed by atoms with Crippen LogP contribution in [0.3, 0.4) is 0 Å².